The first-order chi connectivity index (χ1) is 9.74. The predicted molar refractivity (Wildman–Crippen MR) is 85.2 cm³/mol. The van der Waals surface area contributed by atoms with E-state index in [1.165, 1.54) is 31.2 Å². The molecule has 0 radical (unpaired) electrons. The van der Waals surface area contributed by atoms with E-state index in [1.54, 1.807) is 7.11 Å². The van der Waals surface area contributed by atoms with Crippen LogP contribution < -0.4 is 4.74 Å². The number of aliphatic hydroxyl groups excluding tert-OH is 1. The SMILES string of the molecule is CCCCC(CC)CC(CO)Cc1ccccc1OC. The first-order valence-corrected chi connectivity index (χ1v) is 7.97. The fraction of sp³-hybridized carbons (Fsp3) is 0.667. The van der Waals surface area contributed by atoms with Gasteiger partial charge in [-0.2, -0.15) is 0 Å². The van der Waals surface area contributed by atoms with Gasteiger partial charge in [0.25, 0.3) is 0 Å². The van der Waals surface area contributed by atoms with Crippen LogP contribution in [0, 0.1) is 11.8 Å². The zero-order valence-corrected chi connectivity index (χ0v) is 13.3. The Morgan fingerprint density at radius 1 is 1.15 bits per heavy atom. The molecule has 114 valence electrons. The van der Waals surface area contributed by atoms with E-state index in [1.807, 2.05) is 18.2 Å². The van der Waals surface area contributed by atoms with Crippen LogP contribution in [0.5, 0.6) is 5.75 Å². The van der Waals surface area contributed by atoms with Gasteiger partial charge >= 0.3 is 0 Å². The second kappa shape index (κ2) is 9.82. The third-order valence-corrected chi connectivity index (χ3v) is 4.17. The summed E-state index contributed by atoms with van der Waals surface area (Å²) >= 11 is 0. The number of aliphatic hydroxyl groups is 1. The van der Waals surface area contributed by atoms with E-state index < -0.39 is 0 Å². The predicted octanol–water partition coefficient (Wildman–Crippen LogP) is 4.45. The Bertz CT molecular complexity index is 362. The van der Waals surface area contributed by atoms with Crippen molar-refractivity contribution in [1.82, 2.24) is 0 Å². The summed E-state index contributed by atoms with van der Waals surface area (Å²) < 4.78 is 5.41. The Morgan fingerprint density at radius 2 is 1.90 bits per heavy atom. The van der Waals surface area contributed by atoms with E-state index in [4.69, 9.17) is 4.74 Å². The van der Waals surface area contributed by atoms with Gasteiger partial charge in [0.15, 0.2) is 0 Å². The largest absolute Gasteiger partial charge is 0.496 e. The molecule has 0 aromatic heterocycles. The van der Waals surface area contributed by atoms with E-state index >= 15 is 0 Å². The molecule has 0 aliphatic carbocycles. The summed E-state index contributed by atoms with van der Waals surface area (Å²) in [5.41, 5.74) is 1.21. The first-order valence-electron chi connectivity index (χ1n) is 7.97. The van der Waals surface area contributed by atoms with Crippen molar-refractivity contribution in [3.8, 4) is 5.75 Å². The summed E-state index contributed by atoms with van der Waals surface area (Å²) in [5, 5.41) is 9.68. The lowest BCUT2D eigenvalue weighted by Crippen LogP contribution is -2.15. The fourth-order valence-corrected chi connectivity index (χ4v) is 2.86. The monoisotopic (exact) mass is 278 g/mol. The molecule has 0 spiro atoms. The maximum atomic E-state index is 9.68. The lowest BCUT2D eigenvalue weighted by Gasteiger charge is -2.22. The van der Waals surface area contributed by atoms with Gasteiger partial charge in [-0.05, 0) is 36.3 Å². The number of hydrogen-bond donors (Lipinski definition) is 1. The third kappa shape index (κ3) is 5.54. The average molecular weight is 278 g/mol. The molecular formula is C18H30O2. The molecule has 2 atom stereocenters. The molecule has 0 aliphatic rings. The quantitative estimate of drug-likeness (QED) is 0.685. The third-order valence-electron chi connectivity index (χ3n) is 4.17. The van der Waals surface area contributed by atoms with Gasteiger partial charge in [0.2, 0.25) is 0 Å². The second-order valence-electron chi connectivity index (χ2n) is 5.72. The van der Waals surface area contributed by atoms with Crippen molar-refractivity contribution in [2.24, 2.45) is 11.8 Å². The molecule has 0 amide bonds. The van der Waals surface area contributed by atoms with Crippen LogP contribution in [0.15, 0.2) is 24.3 Å². The fourth-order valence-electron chi connectivity index (χ4n) is 2.86. The Balaban J connectivity index is 2.61. The molecule has 0 fully saturated rings. The van der Waals surface area contributed by atoms with Crippen LogP contribution in [-0.4, -0.2) is 18.8 Å². The second-order valence-corrected chi connectivity index (χ2v) is 5.72. The van der Waals surface area contributed by atoms with Crippen molar-refractivity contribution in [3.05, 3.63) is 29.8 Å². The molecule has 1 rings (SSSR count). The topological polar surface area (TPSA) is 29.5 Å². The van der Waals surface area contributed by atoms with Crippen molar-refractivity contribution in [1.29, 1.82) is 0 Å². The van der Waals surface area contributed by atoms with Gasteiger partial charge in [-0.1, -0.05) is 57.7 Å². The molecule has 2 nitrogen and oxygen atoms in total. The normalized spacial score (nSPS) is 14.0. The van der Waals surface area contributed by atoms with Crippen molar-refractivity contribution in [2.45, 2.75) is 52.4 Å². The van der Waals surface area contributed by atoms with Gasteiger partial charge < -0.3 is 9.84 Å². The van der Waals surface area contributed by atoms with Gasteiger partial charge in [0.1, 0.15) is 5.75 Å². The van der Waals surface area contributed by atoms with Gasteiger partial charge in [-0.3, -0.25) is 0 Å². The molecule has 1 N–H and O–H groups in total. The standard InChI is InChI=1S/C18H30O2/c1-4-6-9-15(5-2)12-16(14-19)13-17-10-7-8-11-18(17)20-3/h7-8,10-11,15-16,19H,4-6,9,12-14H2,1-3H3. The zero-order valence-electron chi connectivity index (χ0n) is 13.3. The molecular weight excluding hydrogens is 248 g/mol. The highest BCUT2D eigenvalue weighted by molar-refractivity contribution is 5.33. The van der Waals surface area contributed by atoms with Crippen molar-refractivity contribution in [3.63, 3.8) is 0 Å². The molecule has 20 heavy (non-hydrogen) atoms. The average Bonchev–Trinajstić information content (AvgIpc) is 2.50. The minimum Gasteiger partial charge on any atom is -0.496 e. The van der Waals surface area contributed by atoms with E-state index in [-0.39, 0.29) is 6.61 Å². The van der Waals surface area contributed by atoms with Crippen LogP contribution in [0.2, 0.25) is 0 Å². The molecule has 1 aromatic rings. The summed E-state index contributed by atoms with van der Waals surface area (Å²) in [7, 11) is 1.71. The van der Waals surface area contributed by atoms with E-state index in [9.17, 15) is 5.11 Å². The van der Waals surface area contributed by atoms with E-state index in [0.717, 1.165) is 24.5 Å². The Morgan fingerprint density at radius 3 is 2.50 bits per heavy atom. The summed E-state index contributed by atoms with van der Waals surface area (Å²) in [6, 6.07) is 8.14. The number of unbranched alkanes of at least 4 members (excludes halogenated alkanes) is 1. The van der Waals surface area contributed by atoms with Crippen LogP contribution in [0.1, 0.15) is 51.5 Å². The molecule has 0 saturated carbocycles. The lowest BCUT2D eigenvalue weighted by molar-refractivity contribution is 0.193. The highest BCUT2D eigenvalue weighted by Gasteiger charge is 2.16. The number of ether oxygens (including phenoxy) is 1. The van der Waals surface area contributed by atoms with Gasteiger partial charge in [0.05, 0.1) is 7.11 Å². The Kier molecular flexibility index (Phi) is 8.36. The number of para-hydroxylation sites is 1. The van der Waals surface area contributed by atoms with Crippen LogP contribution in [-0.2, 0) is 6.42 Å². The number of hydrogen-bond acceptors (Lipinski definition) is 2. The van der Waals surface area contributed by atoms with Crippen LogP contribution >= 0.6 is 0 Å². The van der Waals surface area contributed by atoms with Crippen molar-refractivity contribution >= 4 is 0 Å². The molecule has 0 bridgehead atoms. The van der Waals surface area contributed by atoms with Gasteiger partial charge in [-0.15, -0.1) is 0 Å². The minimum atomic E-state index is 0.265. The molecule has 2 unspecified atom stereocenters. The lowest BCUT2D eigenvalue weighted by atomic mass is 9.86. The zero-order chi connectivity index (χ0) is 14.8. The van der Waals surface area contributed by atoms with Gasteiger partial charge in [-0.25, -0.2) is 0 Å². The number of benzene rings is 1. The molecule has 0 saturated heterocycles. The van der Waals surface area contributed by atoms with Crippen LogP contribution in [0.25, 0.3) is 0 Å². The Hall–Kier alpha value is -1.02. The maximum Gasteiger partial charge on any atom is 0.122 e. The van der Waals surface area contributed by atoms with Crippen molar-refractivity contribution in [2.75, 3.05) is 13.7 Å². The number of rotatable bonds is 10. The maximum absolute atomic E-state index is 9.68. The highest BCUT2D eigenvalue weighted by atomic mass is 16.5. The first kappa shape index (κ1) is 17.0. The smallest absolute Gasteiger partial charge is 0.122 e. The van der Waals surface area contributed by atoms with E-state index in [0.29, 0.717) is 5.92 Å². The van der Waals surface area contributed by atoms with Crippen LogP contribution in [0.4, 0.5) is 0 Å². The molecule has 0 aliphatic heterocycles. The Labute approximate surface area is 124 Å². The molecule has 2 heteroatoms. The number of methoxy groups -OCH3 is 1. The molecule has 1 aromatic carbocycles. The highest BCUT2D eigenvalue weighted by Crippen LogP contribution is 2.27. The summed E-state index contributed by atoms with van der Waals surface area (Å²) in [5.74, 6) is 2.02. The summed E-state index contributed by atoms with van der Waals surface area (Å²) in [6.45, 7) is 4.77. The summed E-state index contributed by atoms with van der Waals surface area (Å²) in [6.07, 6.45) is 7.07. The summed E-state index contributed by atoms with van der Waals surface area (Å²) in [4.78, 5) is 0. The van der Waals surface area contributed by atoms with Gasteiger partial charge in [0, 0.05) is 6.61 Å². The van der Waals surface area contributed by atoms with Crippen LogP contribution in [0.3, 0.4) is 0 Å². The minimum absolute atomic E-state index is 0.265. The van der Waals surface area contributed by atoms with Crippen molar-refractivity contribution < 1.29 is 9.84 Å². The molecule has 0 heterocycles. The van der Waals surface area contributed by atoms with E-state index in [2.05, 4.69) is 19.9 Å².